The lowest BCUT2D eigenvalue weighted by Gasteiger charge is -2.42. The molecule has 0 radical (unpaired) electrons. The summed E-state index contributed by atoms with van der Waals surface area (Å²) in [5.74, 6) is -5.53. The fourth-order valence-corrected chi connectivity index (χ4v) is 11.0. The Balaban J connectivity index is 1.64. The van der Waals surface area contributed by atoms with E-state index in [1.807, 2.05) is 0 Å². The molecular formula is C61H110N9O30P. The summed E-state index contributed by atoms with van der Waals surface area (Å²) in [6.07, 6.45) is -15.8. The highest BCUT2D eigenvalue weighted by molar-refractivity contribution is 7.54. The molecule has 101 heavy (non-hydrogen) atoms. The number of ether oxygens (including phenoxy) is 9. The molecule has 19 N–H and O–H groups in total. The van der Waals surface area contributed by atoms with Crippen molar-refractivity contribution in [3.05, 3.63) is 0 Å². The second-order valence-corrected chi connectivity index (χ2v) is 27.8. The summed E-state index contributed by atoms with van der Waals surface area (Å²) < 4.78 is 67.7. The molecule has 39 nitrogen and oxygen atoms in total. The maximum Gasteiger partial charge on any atom is 0.333 e. The highest BCUT2D eigenvalue weighted by Crippen LogP contribution is 2.54. The first-order valence-electron chi connectivity index (χ1n) is 33.8. The summed E-state index contributed by atoms with van der Waals surface area (Å²) in [6, 6.07) is -6.33. The smallest absolute Gasteiger partial charge is 0.333 e. The number of carbonyl (C=O) groups excluding carboxylic acids is 9. The van der Waals surface area contributed by atoms with Crippen molar-refractivity contribution in [2.75, 3.05) is 112 Å². The van der Waals surface area contributed by atoms with Gasteiger partial charge in [-0.25, -0.2) is 0 Å². The Morgan fingerprint density at radius 3 is 1.13 bits per heavy atom. The van der Waals surface area contributed by atoms with Gasteiger partial charge >= 0.3 is 7.60 Å². The predicted molar refractivity (Wildman–Crippen MR) is 349 cm³/mol. The molecule has 0 bridgehead atoms. The Morgan fingerprint density at radius 1 is 0.416 bits per heavy atom. The summed E-state index contributed by atoms with van der Waals surface area (Å²) in [5.41, 5.74) is 0. The van der Waals surface area contributed by atoms with Crippen LogP contribution in [0, 0.1) is 0 Å². The maximum absolute atomic E-state index is 13.8. The zero-order chi connectivity index (χ0) is 75.2. The van der Waals surface area contributed by atoms with Crippen LogP contribution in [-0.4, -0.2) is 325 Å². The molecule has 0 aromatic heterocycles. The fraction of sp³-hybridized carbons (Fsp3) is 0.852. The number of nitrogens with one attached hydrogen (secondary N) is 9. The quantitative estimate of drug-likeness (QED) is 0.0199. The normalized spacial score (nSPS) is 26.4. The van der Waals surface area contributed by atoms with E-state index in [-0.39, 0.29) is 130 Å². The van der Waals surface area contributed by atoms with Crippen LogP contribution in [0.25, 0.3) is 0 Å². The molecule has 3 rings (SSSR count). The van der Waals surface area contributed by atoms with Gasteiger partial charge in [0.25, 0.3) is 0 Å². The van der Waals surface area contributed by atoms with Gasteiger partial charge in [-0.1, -0.05) is 12.8 Å². The first-order valence-corrected chi connectivity index (χ1v) is 35.3. The number of carbonyl (C=O) groups is 9. The topological polar surface area (TPSA) is 574 Å². The van der Waals surface area contributed by atoms with E-state index in [4.69, 9.17) is 47.2 Å². The Labute approximate surface area is 586 Å². The largest absolute Gasteiger partial charge is 0.394 e. The van der Waals surface area contributed by atoms with E-state index in [1.54, 1.807) is 20.8 Å². The molecule has 0 aliphatic carbocycles. The molecule has 3 fully saturated rings. The van der Waals surface area contributed by atoms with Crippen molar-refractivity contribution < 1.29 is 146 Å². The second kappa shape index (κ2) is 47.9. The van der Waals surface area contributed by atoms with Gasteiger partial charge in [0.15, 0.2) is 18.9 Å². The first kappa shape index (κ1) is 89.9. The van der Waals surface area contributed by atoms with E-state index in [2.05, 4.69) is 47.9 Å². The van der Waals surface area contributed by atoms with Gasteiger partial charge in [0.2, 0.25) is 53.2 Å². The van der Waals surface area contributed by atoms with Gasteiger partial charge in [-0.2, -0.15) is 0 Å². The Hall–Kier alpha value is -5.34. The van der Waals surface area contributed by atoms with Crippen molar-refractivity contribution >= 4 is 60.8 Å². The van der Waals surface area contributed by atoms with Gasteiger partial charge in [-0.05, 0) is 52.9 Å². The van der Waals surface area contributed by atoms with Crippen molar-refractivity contribution in [3.8, 4) is 0 Å². The van der Waals surface area contributed by atoms with Crippen LogP contribution in [0.5, 0.6) is 0 Å². The molecule has 0 aromatic rings. The predicted octanol–water partition coefficient (Wildman–Crippen LogP) is -7.36. The Bertz CT molecular complexity index is 2570. The minimum absolute atomic E-state index is 0.0400. The Morgan fingerprint density at radius 2 is 0.752 bits per heavy atom. The summed E-state index contributed by atoms with van der Waals surface area (Å²) in [6.45, 7) is 5.37. The molecule has 0 spiro atoms. The van der Waals surface area contributed by atoms with Crippen molar-refractivity contribution in [1.29, 1.82) is 0 Å². The van der Waals surface area contributed by atoms with Gasteiger partial charge < -0.3 is 146 Å². The van der Waals surface area contributed by atoms with Crippen LogP contribution < -0.4 is 47.9 Å². The van der Waals surface area contributed by atoms with Crippen molar-refractivity contribution in [3.63, 3.8) is 0 Å². The number of hydrogen-bond donors (Lipinski definition) is 19. The van der Waals surface area contributed by atoms with Crippen LogP contribution in [0.4, 0.5) is 0 Å². The van der Waals surface area contributed by atoms with E-state index >= 15 is 0 Å². The molecule has 9 amide bonds. The molecular weight excluding hydrogens is 1370 g/mol. The molecule has 3 saturated heterocycles. The number of rotatable bonds is 49. The van der Waals surface area contributed by atoms with Gasteiger partial charge in [0, 0.05) is 72.6 Å². The highest BCUT2D eigenvalue weighted by Gasteiger charge is 2.48. The van der Waals surface area contributed by atoms with Crippen LogP contribution in [0.1, 0.15) is 112 Å². The number of aliphatic hydroxyl groups excluding tert-OH is 9. The van der Waals surface area contributed by atoms with Crippen LogP contribution in [0.3, 0.4) is 0 Å². The number of amides is 9. The number of hydrogen-bond acceptors (Lipinski definition) is 29. The fourth-order valence-electron chi connectivity index (χ4n) is 10.2. The zero-order valence-corrected chi connectivity index (χ0v) is 59.1. The van der Waals surface area contributed by atoms with E-state index in [0.717, 1.165) is 0 Å². The average Bonchev–Trinajstić information content (AvgIpc) is 0.823. The molecule has 3 heterocycles. The molecule has 0 aromatic carbocycles. The summed E-state index contributed by atoms with van der Waals surface area (Å²) >= 11 is 0. The van der Waals surface area contributed by atoms with E-state index in [1.165, 1.54) is 20.8 Å². The lowest BCUT2D eigenvalue weighted by atomic mass is 9.97. The third-order valence-electron chi connectivity index (χ3n) is 15.9. The Kier molecular flexibility index (Phi) is 42.6. The summed E-state index contributed by atoms with van der Waals surface area (Å²) in [4.78, 5) is 126. The van der Waals surface area contributed by atoms with Crippen LogP contribution >= 0.6 is 7.60 Å². The molecule has 584 valence electrons. The monoisotopic (exact) mass is 1480 g/mol. The lowest BCUT2D eigenvalue weighted by molar-refractivity contribution is -0.272. The lowest BCUT2D eigenvalue weighted by Crippen LogP contribution is -2.64. The van der Waals surface area contributed by atoms with E-state index in [9.17, 15) is 98.6 Å². The molecule has 40 heteroatoms. The molecule has 0 saturated carbocycles. The summed E-state index contributed by atoms with van der Waals surface area (Å²) in [5, 5.41) is 114. The highest BCUT2D eigenvalue weighted by atomic mass is 31.2. The number of aliphatic hydroxyl groups is 9. The molecule has 16 unspecified atom stereocenters. The van der Waals surface area contributed by atoms with Crippen LogP contribution in [0.15, 0.2) is 0 Å². The second-order valence-electron chi connectivity index (χ2n) is 25.1. The SMILES string of the molecule is CC(=O)NC1C(OCCOCCNC(=O)CC[C@H](NC(=O)CC[C@H](NC(=O)CCCC(=O)NCCCCCCOP(=O)(O)C(C)(C)C)C(=O)NCCOCCOC2OC(CO)C(O)C(O)C2NC(C)=O)C(=O)NCCOCCOC2OC(CO)C(O)C(O)C2NC(C)=O)OC(CO)C(O)C1O. The average molecular weight is 1480 g/mol. The van der Waals surface area contributed by atoms with Crippen LogP contribution in [0.2, 0.25) is 0 Å². The van der Waals surface area contributed by atoms with Gasteiger partial charge in [0.1, 0.15) is 85.1 Å². The maximum atomic E-state index is 13.8. The van der Waals surface area contributed by atoms with Gasteiger partial charge in [0.05, 0.1) is 91.0 Å². The van der Waals surface area contributed by atoms with Gasteiger partial charge in [-0.3, -0.25) is 47.7 Å². The third-order valence-corrected chi connectivity index (χ3v) is 18.1. The van der Waals surface area contributed by atoms with E-state index in [0.29, 0.717) is 32.2 Å². The van der Waals surface area contributed by atoms with Crippen LogP contribution in [-0.2, 0) is 94.9 Å². The third kappa shape index (κ3) is 33.5. The van der Waals surface area contributed by atoms with E-state index < -0.39 is 190 Å². The standard InChI is InChI=1S/C61H110N9O30P/c1-35(74)66-47-53(84)50(81)40(32-71)98-58(47)94-29-26-91-23-19-63-44(78)16-14-38(56(87)64-20-24-92-27-30-95-59-48(67-36(2)75)54(85)51(82)41(33-72)99-59)70-46(80)17-15-39(69-45(79)13-11-12-43(77)62-18-9-7-8-10-22-97-101(89,90)61(4,5)6)57(88)65-21-25-93-28-31-96-60-49(68-37(3)76)55(86)52(83)42(34-73)100-60/h38-42,47-55,58-60,71-73,81-86H,7-34H2,1-6H3,(H,62,77)(H,63,78)(H,64,87)(H,65,88)(H,66,74)(H,67,75)(H,68,76)(H,69,79)(H,70,80)(H,89,90)/t38-,39-,40?,41?,42?,47?,48?,49?,50?,51?,52?,53?,54?,55?,58?,59?,60?/m0/s1. The molecule has 3 aliphatic heterocycles. The zero-order valence-electron chi connectivity index (χ0n) is 58.2. The molecule has 18 atom stereocenters. The first-order chi connectivity index (χ1) is 47.8. The van der Waals surface area contributed by atoms with Crippen molar-refractivity contribution in [1.82, 2.24) is 47.9 Å². The summed E-state index contributed by atoms with van der Waals surface area (Å²) in [7, 11) is -3.78. The minimum atomic E-state index is -3.78. The minimum Gasteiger partial charge on any atom is -0.394 e. The molecule has 3 aliphatic rings. The van der Waals surface area contributed by atoms with Crippen molar-refractivity contribution in [2.24, 2.45) is 0 Å². The number of unbranched alkanes of at least 4 members (excludes halogenated alkanes) is 3. The van der Waals surface area contributed by atoms with Gasteiger partial charge in [-0.15, -0.1) is 0 Å². The van der Waals surface area contributed by atoms with Crippen molar-refractivity contribution in [2.45, 2.75) is 221 Å².